The van der Waals surface area contributed by atoms with Crippen LogP contribution in [0.15, 0.2) is 18.2 Å². The molecule has 0 saturated heterocycles. The molecule has 1 heterocycles. The van der Waals surface area contributed by atoms with Gasteiger partial charge in [-0.15, -0.1) is 0 Å². The molecule has 1 saturated carbocycles. The summed E-state index contributed by atoms with van der Waals surface area (Å²) < 4.78 is 2.90. The summed E-state index contributed by atoms with van der Waals surface area (Å²) in [5.41, 5.74) is 3.68. The number of hydrogen-bond donors (Lipinski definition) is 1. The van der Waals surface area contributed by atoms with Crippen molar-refractivity contribution in [3.05, 3.63) is 34.1 Å². The van der Waals surface area contributed by atoms with Gasteiger partial charge in [0, 0.05) is 11.6 Å². The Kier molecular flexibility index (Phi) is 2.40. The first-order valence-corrected chi connectivity index (χ1v) is 6.32. The van der Waals surface area contributed by atoms with Crippen LogP contribution in [0.2, 0.25) is 0 Å². The highest BCUT2D eigenvalue weighted by atomic mass is 32.1. The fraction of sp³-hybridized carbons (Fsp3) is 0.385. The first-order valence-electron chi connectivity index (χ1n) is 5.91. The maximum absolute atomic E-state index is 5.31. The SMILES string of the molecule is Cc1ccc(C)c(-c2n[nH]c(=S)n2C2CC2)c1. The standard InChI is InChI=1S/C13H15N3S/c1-8-3-4-9(2)11(7-8)12-14-15-13(17)16(12)10-5-6-10/h3-4,7,10H,5-6H2,1-2H3,(H,15,17). The summed E-state index contributed by atoms with van der Waals surface area (Å²) in [4.78, 5) is 0. The minimum atomic E-state index is 0.552. The lowest BCUT2D eigenvalue weighted by Crippen LogP contribution is -1.99. The lowest BCUT2D eigenvalue weighted by molar-refractivity contribution is 0.734. The van der Waals surface area contributed by atoms with E-state index in [-0.39, 0.29) is 0 Å². The Morgan fingerprint density at radius 3 is 2.82 bits per heavy atom. The van der Waals surface area contributed by atoms with Crippen molar-refractivity contribution in [1.29, 1.82) is 0 Å². The predicted molar refractivity (Wildman–Crippen MR) is 70.6 cm³/mol. The topological polar surface area (TPSA) is 33.6 Å². The van der Waals surface area contributed by atoms with E-state index in [4.69, 9.17) is 12.2 Å². The van der Waals surface area contributed by atoms with Gasteiger partial charge < -0.3 is 0 Å². The van der Waals surface area contributed by atoms with Gasteiger partial charge in [0.05, 0.1) is 0 Å². The molecule has 1 aliphatic carbocycles. The maximum atomic E-state index is 5.31. The van der Waals surface area contributed by atoms with Crippen LogP contribution in [0.1, 0.15) is 30.0 Å². The third-order valence-corrected chi connectivity index (χ3v) is 3.54. The van der Waals surface area contributed by atoms with Gasteiger partial charge in [-0.05, 0) is 50.5 Å². The number of H-pyrrole nitrogens is 1. The molecule has 0 radical (unpaired) electrons. The van der Waals surface area contributed by atoms with Crippen molar-refractivity contribution in [2.75, 3.05) is 0 Å². The van der Waals surface area contributed by atoms with Crippen molar-refractivity contribution in [3.8, 4) is 11.4 Å². The molecule has 1 aliphatic rings. The van der Waals surface area contributed by atoms with Gasteiger partial charge in [0.2, 0.25) is 0 Å². The number of aryl methyl sites for hydroxylation is 2. The normalized spacial score (nSPS) is 15.2. The molecule has 0 aliphatic heterocycles. The molecule has 88 valence electrons. The molecule has 1 N–H and O–H groups in total. The monoisotopic (exact) mass is 245 g/mol. The van der Waals surface area contributed by atoms with Crippen LogP contribution in [-0.2, 0) is 0 Å². The second-order valence-corrected chi connectivity index (χ2v) is 5.16. The van der Waals surface area contributed by atoms with Crippen LogP contribution >= 0.6 is 12.2 Å². The average molecular weight is 245 g/mol. The van der Waals surface area contributed by atoms with E-state index in [2.05, 4.69) is 46.8 Å². The Bertz CT molecular complexity index is 620. The smallest absolute Gasteiger partial charge is 0.195 e. The lowest BCUT2D eigenvalue weighted by Gasteiger charge is -2.08. The van der Waals surface area contributed by atoms with Gasteiger partial charge in [-0.3, -0.25) is 9.67 Å². The number of benzene rings is 1. The fourth-order valence-corrected chi connectivity index (χ4v) is 2.42. The molecule has 1 aromatic carbocycles. The zero-order chi connectivity index (χ0) is 12.0. The first-order chi connectivity index (χ1) is 8.16. The van der Waals surface area contributed by atoms with E-state index in [0.29, 0.717) is 6.04 Å². The second kappa shape index (κ2) is 3.81. The summed E-state index contributed by atoms with van der Waals surface area (Å²) >= 11 is 5.31. The summed E-state index contributed by atoms with van der Waals surface area (Å²) in [5.74, 6) is 0.985. The molecule has 1 fully saturated rings. The van der Waals surface area contributed by atoms with E-state index in [1.165, 1.54) is 29.5 Å². The van der Waals surface area contributed by atoms with Gasteiger partial charge in [0.25, 0.3) is 0 Å². The van der Waals surface area contributed by atoms with Crippen LogP contribution in [0.25, 0.3) is 11.4 Å². The largest absolute Gasteiger partial charge is 0.297 e. The molecule has 4 heteroatoms. The molecule has 0 amide bonds. The van der Waals surface area contributed by atoms with E-state index in [1.54, 1.807) is 0 Å². The van der Waals surface area contributed by atoms with E-state index in [0.717, 1.165) is 10.6 Å². The Morgan fingerprint density at radius 1 is 1.35 bits per heavy atom. The van der Waals surface area contributed by atoms with E-state index in [9.17, 15) is 0 Å². The van der Waals surface area contributed by atoms with Crippen molar-refractivity contribution in [2.24, 2.45) is 0 Å². The van der Waals surface area contributed by atoms with Crippen molar-refractivity contribution in [1.82, 2.24) is 14.8 Å². The highest BCUT2D eigenvalue weighted by Gasteiger charge is 2.28. The molecule has 0 unspecified atom stereocenters. The van der Waals surface area contributed by atoms with Crippen LogP contribution in [0.4, 0.5) is 0 Å². The number of nitrogens with one attached hydrogen (secondary N) is 1. The van der Waals surface area contributed by atoms with Crippen molar-refractivity contribution in [2.45, 2.75) is 32.7 Å². The molecular formula is C13H15N3S. The quantitative estimate of drug-likeness (QED) is 0.821. The van der Waals surface area contributed by atoms with Crippen LogP contribution in [0.3, 0.4) is 0 Å². The highest BCUT2D eigenvalue weighted by molar-refractivity contribution is 7.71. The van der Waals surface area contributed by atoms with Crippen LogP contribution in [0.5, 0.6) is 0 Å². The van der Waals surface area contributed by atoms with E-state index in [1.807, 2.05) is 0 Å². The molecule has 2 aromatic rings. The first kappa shape index (κ1) is 10.7. The van der Waals surface area contributed by atoms with E-state index < -0.39 is 0 Å². The van der Waals surface area contributed by atoms with Crippen LogP contribution in [-0.4, -0.2) is 14.8 Å². The average Bonchev–Trinajstić information content (AvgIpc) is 3.06. The molecule has 3 rings (SSSR count). The zero-order valence-corrected chi connectivity index (χ0v) is 10.8. The van der Waals surface area contributed by atoms with Crippen molar-refractivity contribution in [3.63, 3.8) is 0 Å². The summed E-state index contributed by atoms with van der Waals surface area (Å²) in [6.07, 6.45) is 2.43. The summed E-state index contributed by atoms with van der Waals surface area (Å²) in [6, 6.07) is 7.00. The van der Waals surface area contributed by atoms with Crippen LogP contribution < -0.4 is 0 Å². The third-order valence-electron chi connectivity index (χ3n) is 3.25. The zero-order valence-electron chi connectivity index (χ0n) is 10.0. The van der Waals surface area contributed by atoms with Crippen molar-refractivity contribution >= 4 is 12.2 Å². The Hall–Kier alpha value is -1.42. The van der Waals surface area contributed by atoms with Crippen molar-refractivity contribution < 1.29 is 0 Å². The highest BCUT2D eigenvalue weighted by Crippen LogP contribution is 2.38. The number of nitrogens with zero attached hydrogens (tertiary/aromatic N) is 2. The minimum Gasteiger partial charge on any atom is -0.297 e. The fourth-order valence-electron chi connectivity index (χ4n) is 2.14. The van der Waals surface area contributed by atoms with Gasteiger partial charge in [-0.25, -0.2) is 0 Å². The number of hydrogen-bond acceptors (Lipinski definition) is 2. The maximum Gasteiger partial charge on any atom is 0.195 e. The molecule has 3 nitrogen and oxygen atoms in total. The van der Waals surface area contributed by atoms with Gasteiger partial charge in [-0.2, -0.15) is 5.10 Å². The molecular weight excluding hydrogens is 230 g/mol. The second-order valence-electron chi connectivity index (χ2n) is 4.77. The molecule has 0 atom stereocenters. The number of aromatic amines is 1. The molecule has 1 aromatic heterocycles. The minimum absolute atomic E-state index is 0.552. The summed E-state index contributed by atoms with van der Waals surface area (Å²) in [6.45, 7) is 4.22. The van der Waals surface area contributed by atoms with Gasteiger partial charge in [0.1, 0.15) is 0 Å². The van der Waals surface area contributed by atoms with Gasteiger partial charge in [-0.1, -0.05) is 17.7 Å². The van der Waals surface area contributed by atoms with Gasteiger partial charge >= 0.3 is 0 Å². The summed E-state index contributed by atoms with van der Waals surface area (Å²) in [7, 11) is 0. The molecule has 17 heavy (non-hydrogen) atoms. The Labute approximate surface area is 105 Å². The molecule has 0 spiro atoms. The third kappa shape index (κ3) is 1.82. The van der Waals surface area contributed by atoms with Gasteiger partial charge in [0.15, 0.2) is 10.6 Å². The van der Waals surface area contributed by atoms with Crippen LogP contribution in [0, 0.1) is 18.6 Å². The summed E-state index contributed by atoms with van der Waals surface area (Å²) in [5, 5.41) is 7.31. The predicted octanol–water partition coefficient (Wildman–Crippen LogP) is 3.56. The number of aromatic nitrogens is 3. The number of rotatable bonds is 2. The van der Waals surface area contributed by atoms with E-state index >= 15 is 0 Å². The lowest BCUT2D eigenvalue weighted by atomic mass is 10.1. The Balaban J connectivity index is 2.21. The molecule has 0 bridgehead atoms. The Morgan fingerprint density at radius 2 is 2.12 bits per heavy atom.